The molecule has 0 unspecified atom stereocenters. The number of nitrogens with zero attached hydrogens (tertiary/aromatic N) is 4. The molecule has 0 spiro atoms. The van der Waals surface area contributed by atoms with Crippen molar-refractivity contribution in [1.82, 2.24) is 14.8 Å². The quantitative estimate of drug-likeness (QED) is 0.498. The Labute approximate surface area is 157 Å². The summed E-state index contributed by atoms with van der Waals surface area (Å²) in [7, 11) is 0. The van der Waals surface area contributed by atoms with Gasteiger partial charge in [-0.25, -0.2) is 0 Å². The highest BCUT2D eigenvalue weighted by Gasteiger charge is 2.23. The standard InChI is InChI=1S/C18H20N4O3.ClH/c1-6-25-14-7-8-15(16(9-14)22(23)24)21-12(4)17-10(2)19-20-11(3)18(17)13(21)5;/h7-9H,6H2,1-5H3;1H. The van der Waals surface area contributed by atoms with Crippen LogP contribution >= 0.6 is 12.4 Å². The Bertz CT molecular complexity index is 953. The highest BCUT2D eigenvalue weighted by molar-refractivity contribution is 5.92. The second-order valence-corrected chi connectivity index (χ2v) is 5.97. The molecule has 3 aromatic rings. The van der Waals surface area contributed by atoms with Crippen molar-refractivity contribution in [2.75, 3.05) is 6.61 Å². The van der Waals surface area contributed by atoms with Crippen LogP contribution in [-0.2, 0) is 0 Å². The highest BCUT2D eigenvalue weighted by atomic mass is 35.5. The number of halogens is 1. The van der Waals surface area contributed by atoms with Crippen molar-refractivity contribution in [2.24, 2.45) is 0 Å². The van der Waals surface area contributed by atoms with E-state index in [1.807, 2.05) is 39.2 Å². The number of ether oxygens (including phenoxy) is 1. The van der Waals surface area contributed by atoms with Gasteiger partial charge in [-0.1, -0.05) is 0 Å². The Morgan fingerprint density at radius 1 is 1.08 bits per heavy atom. The van der Waals surface area contributed by atoms with E-state index in [2.05, 4.69) is 10.2 Å². The number of hydrogen-bond acceptors (Lipinski definition) is 5. The van der Waals surface area contributed by atoms with Gasteiger partial charge in [-0.3, -0.25) is 10.1 Å². The number of rotatable bonds is 4. The van der Waals surface area contributed by atoms with Crippen LogP contribution in [0.5, 0.6) is 5.75 Å². The third-order valence-electron chi connectivity index (χ3n) is 4.41. The Hall–Kier alpha value is -2.67. The number of nitro benzene ring substituents is 1. The summed E-state index contributed by atoms with van der Waals surface area (Å²) >= 11 is 0. The van der Waals surface area contributed by atoms with Crippen molar-refractivity contribution in [3.05, 3.63) is 51.1 Å². The lowest BCUT2D eigenvalue weighted by molar-refractivity contribution is -0.384. The highest BCUT2D eigenvalue weighted by Crippen LogP contribution is 2.36. The third kappa shape index (κ3) is 2.99. The molecule has 0 radical (unpaired) electrons. The maximum atomic E-state index is 11.6. The second-order valence-electron chi connectivity index (χ2n) is 5.97. The van der Waals surface area contributed by atoms with Gasteiger partial charge in [0.25, 0.3) is 5.69 Å². The van der Waals surface area contributed by atoms with Gasteiger partial charge >= 0.3 is 0 Å². The number of benzene rings is 1. The smallest absolute Gasteiger partial charge is 0.296 e. The topological polar surface area (TPSA) is 83.1 Å². The summed E-state index contributed by atoms with van der Waals surface area (Å²) in [6.45, 7) is 10.00. The minimum absolute atomic E-state index is 0. The zero-order valence-electron chi connectivity index (χ0n) is 15.4. The van der Waals surface area contributed by atoms with Crippen molar-refractivity contribution >= 4 is 28.9 Å². The Morgan fingerprint density at radius 3 is 2.08 bits per heavy atom. The van der Waals surface area contributed by atoms with E-state index in [1.54, 1.807) is 12.1 Å². The van der Waals surface area contributed by atoms with E-state index in [9.17, 15) is 10.1 Å². The van der Waals surface area contributed by atoms with E-state index >= 15 is 0 Å². The second kappa shape index (κ2) is 7.29. The summed E-state index contributed by atoms with van der Waals surface area (Å²) in [5.41, 5.74) is 3.97. The number of fused-ring (bicyclic) bond motifs is 1. The van der Waals surface area contributed by atoms with Crippen LogP contribution in [0.1, 0.15) is 29.7 Å². The van der Waals surface area contributed by atoms with Gasteiger partial charge in [0.05, 0.1) is 29.0 Å². The van der Waals surface area contributed by atoms with Crippen LogP contribution in [0.4, 0.5) is 5.69 Å². The van der Waals surface area contributed by atoms with Gasteiger partial charge in [-0.2, -0.15) is 10.2 Å². The average Bonchev–Trinajstić information content (AvgIpc) is 2.83. The van der Waals surface area contributed by atoms with Crippen LogP contribution in [0.15, 0.2) is 18.2 Å². The van der Waals surface area contributed by atoms with Gasteiger partial charge in [-0.05, 0) is 46.8 Å². The van der Waals surface area contributed by atoms with Crippen LogP contribution in [0.3, 0.4) is 0 Å². The summed E-state index contributed by atoms with van der Waals surface area (Å²) in [4.78, 5) is 11.3. The molecule has 0 aliphatic rings. The maximum Gasteiger partial charge on any atom is 0.296 e. The van der Waals surface area contributed by atoms with Crippen LogP contribution in [0.2, 0.25) is 0 Å². The molecule has 0 saturated heterocycles. The zero-order chi connectivity index (χ0) is 18.3. The fraction of sp³-hybridized carbons (Fsp3) is 0.333. The largest absolute Gasteiger partial charge is 0.494 e. The summed E-state index contributed by atoms with van der Waals surface area (Å²) in [5, 5.41) is 22.0. The minimum atomic E-state index is -0.377. The third-order valence-corrected chi connectivity index (χ3v) is 4.41. The Kier molecular flexibility index (Phi) is 5.51. The number of hydrogen-bond donors (Lipinski definition) is 0. The first-order valence-corrected chi connectivity index (χ1v) is 8.09. The van der Waals surface area contributed by atoms with Crippen LogP contribution in [0.25, 0.3) is 16.5 Å². The van der Waals surface area contributed by atoms with Crippen molar-refractivity contribution in [2.45, 2.75) is 34.6 Å². The molecular weight excluding hydrogens is 356 g/mol. The molecule has 0 aliphatic heterocycles. The molecule has 3 rings (SSSR count). The molecule has 8 heteroatoms. The van der Waals surface area contributed by atoms with Gasteiger partial charge in [0.1, 0.15) is 11.4 Å². The number of nitro groups is 1. The molecule has 0 fully saturated rings. The fourth-order valence-corrected chi connectivity index (χ4v) is 3.43. The van der Waals surface area contributed by atoms with Crippen molar-refractivity contribution < 1.29 is 9.66 Å². The zero-order valence-corrected chi connectivity index (χ0v) is 16.2. The fourth-order valence-electron chi connectivity index (χ4n) is 3.43. The Morgan fingerprint density at radius 2 is 1.62 bits per heavy atom. The molecule has 0 saturated carbocycles. The summed E-state index contributed by atoms with van der Waals surface area (Å²) in [6.07, 6.45) is 0. The minimum Gasteiger partial charge on any atom is -0.494 e. The van der Waals surface area contributed by atoms with Crippen molar-refractivity contribution in [3.63, 3.8) is 0 Å². The lowest BCUT2D eigenvalue weighted by Gasteiger charge is -2.11. The molecule has 0 bridgehead atoms. The van der Waals surface area contributed by atoms with Crippen LogP contribution < -0.4 is 4.74 Å². The monoisotopic (exact) mass is 376 g/mol. The summed E-state index contributed by atoms with van der Waals surface area (Å²) in [5.74, 6) is 0.487. The number of aryl methyl sites for hydroxylation is 4. The lowest BCUT2D eigenvalue weighted by Crippen LogP contribution is -2.04. The SMILES string of the molecule is CCOc1ccc(-n2c(C)c3c(C)nnc(C)c3c2C)c([N+](=O)[O-])c1.Cl. The molecule has 0 atom stereocenters. The first-order chi connectivity index (χ1) is 11.9. The summed E-state index contributed by atoms with van der Waals surface area (Å²) in [6, 6.07) is 4.96. The molecule has 0 N–H and O–H groups in total. The van der Waals surface area contributed by atoms with E-state index in [4.69, 9.17) is 4.74 Å². The molecule has 2 heterocycles. The maximum absolute atomic E-state index is 11.6. The van der Waals surface area contributed by atoms with Crippen molar-refractivity contribution in [1.29, 1.82) is 0 Å². The lowest BCUT2D eigenvalue weighted by atomic mass is 10.1. The van der Waals surface area contributed by atoms with Gasteiger partial charge in [0.2, 0.25) is 0 Å². The predicted octanol–water partition coefficient (Wildman–Crippen LogP) is 4.38. The van der Waals surface area contributed by atoms with E-state index in [0.717, 1.165) is 33.5 Å². The first-order valence-electron chi connectivity index (χ1n) is 8.09. The van der Waals surface area contributed by atoms with Gasteiger partial charge in [0, 0.05) is 22.2 Å². The molecule has 7 nitrogen and oxygen atoms in total. The molecule has 1 aromatic carbocycles. The van der Waals surface area contributed by atoms with E-state index < -0.39 is 0 Å². The summed E-state index contributed by atoms with van der Waals surface area (Å²) < 4.78 is 7.32. The van der Waals surface area contributed by atoms with Gasteiger partial charge < -0.3 is 9.30 Å². The molecule has 0 aliphatic carbocycles. The van der Waals surface area contributed by atoms with E-state index in [1.165, 1.54) is 6.07 Å². The van der Waals surface area contributed by atoms with Crippen LogP contribution in [-0.4, -0.2) is 26.3 Å². The molecule has 26 heavy (non-hydrogen) atoms. The van der Waals surface area contributed by atoms with Gasteiger partial charge in [0.15, 0.2) is 0 Å². The average molecular weight is 377 g/mol. The molecule has 2 aromatic heterocycles. The normalized spacial score (nSPS) is 10.7. The molecular formula is C18H21ClN4O3. The number of aromatic nitrogens is 3. The van der Waals surface area contributed by atoms with Crippen molar-refractivity contribution in [3.8, 4) is 11.4 Å². The predicted molar refractivity (Wildman–Crippen MR) is 103 cm³/mol. The van der Waals surface area contributed by atoms with Gasteiger partial charge in [-0.15, -0.1) is 12.4 Å². The van der Waals surface area contributed by atoms with E-state index in [0.29, 0.717) is 18.0 Å². The Balaban J connectivity index is 0.00000243. The molecule has 138 valence electrons. The first kappa shape index (κ1) is 19.7. The van der Waals surface area contributed by atoms with E-state index in [-0.39, 0.29) is 23.0 Å². The van der Waals surface area contributed by atoms with Crippen LogP contribution in [0, 0.1) is 37.8 Å². The molecule has 0 amide bonds.